The number of carbonyl (C=O) groups excluding carboxylic acids is 2. The zero-order valence-corrected chi connectivity index (χ0v) is 6.03. The summed E-state index contributed by atoms with van der Waals surface area (Å²) in [6.07, 6.45) is 2.13. The zero-order valence-electron chi connectivity index (χ0n) is 6.03. The Balaban J connectivity index is 3.60. The van der Waals surface area contributed by atoms with Gasteiger partial charge in [-0.05, 0) is 12.8 Å². The highest BCUT2D eigenvalue weighted by Crippen LogP contribution is 2.04. The Morgan fingerprint density at radius 3 is 2.45 bits per heavy atom. The van der Waals surface area contributed by atoms with E-state index in [1.54, 1.807) is 0 Å². The third-order valence-corrected chi connectivity index (χ3v) is 1.32. The first-order valence-corrected chi connectivity index (χ1v) is 3.34. The van der Waals surface area contributed by atoms with Gasteiger partial charge in [0, 0.05) is 6.42 Å². The number of hydrogen-bond donors (Lipinski definition) is 1. The van der Waals surface area contributed by atoms with Crippen molar-refractivity contribution in [2.24, 2.45) is 5.92 Å². The van der Waals surface area contributed by atoms with Crippen LogP contribution in [0.5, 0.6) is 0 Å². The molecule has 0 heterocycles. The van der Waals surface area contributed by atoms with E-state index in [4.69, 9.17) is 5.11 Å². The minimum absolute atomic E-state index is 0.248. The Hall–Kier alpha value is -1.19. The number of unbranched alkanes of at least 4 members (excludes halogenated alkanes) is 1. The van der Waals surface area contributed by atoms with Crippen LogP contribution in [0.3, 0.4) is 0 Å². The molecule has 4 nitrogen and oxygen atoms in total. The topological polar surface area (TPSA) is 71.4 Å². The number of carboxylic acids is 1. The molecular weight excluding hydrogens is 148 g/mol. The summed E-state index contributed by atoms with van der Waals surface area (Å²) in [5.41, 5.74) is 0. The van der Waals surface area contributed by atoms with E-state index in [1.165, 1.54) is 0 Å². The number of carboxylic acid groups (broad SMARTS) is 1. The second-order valence-electron chi connectivity index (χ2n) is 2.18. The zero-order chi connectivity index (χ0) is 8.69. The van der Waals surface area contributed by atoms with Gasteiger partial charge in [-0.25, -0.2) is 0 Å². The molecular formula is C7H10O4. The molecule has 0 aromatic carbocycles. The number of hydrogen-bond acceptors (Lipinski definition) is 3. The molecule has 0 fully saturated rings. The van der Waals surface area contributed by atoms with Crippen LogP contribution in [-0.4, -0.2) is 23.6 Å². The fourth-order valence-corrected chi connectivity index (χ4v) is 0.671. The Labute approximate surface area is 64.2 Å². The van der Waals surface area contributed by atoms with Crippen LogP contribution in [0.1, 0.15) is 19.3 Å². The lowest BCUT2D eigenvalue weighted by atomic mass is 10.0. The van der Waals surface area contributed by atoms with Crippen LogP contribution in [0.15, 0.2) is 0 Å². The van der Waals surface area contributed by atoms with Crippen molar-refractivity contribution in [2.45, 2.75) is 19.3 Å². The van der Waals surface area contributed by atoms with Crippen LogP contribution < -0.4 is 0 Å². The van der Waals surface area contributed by atoms with Gasteiger partial charge in [-0.3, -0.25) is 4.79 Å². The largest absolute Gasteiger partial charge is 0.481 e. The van der Waals surface area contributed by atoms with E-state index in [0.717, 1.165) is 0 Å². The van der Waals surface area contributed by atoms with Crippen LogP contribution in [0, 0.1) is 5.92 Å². The van der Waals surface area contributed by atoms with Crippen molar-refractivity contribution in [1.29, 1.82) is 0 Å². The lowest BCUT2D eigenvalue weighted by Gasteiger charge is -2.00. The fraction of sp³-hybridized carbons (Fsp3) is 0.571. The summed E-state index contributed by atoms with van der Waals surface area (Å²) >= 11 is 0. The molecule has 0 saturated carbocycles. The molecule has 4 heteroatoms. The standard InChI is InChI=1S/C7H10O4/c8-4-2-1-3-6(5-9)7(10)11/h4-6H,1-3H2,(H,10,11). The van der Waals surface area contributed by atoms with E-state index in [2.05, 4.69) is 0 Å². The van der Waals surface area contributed by atoms with Gasteiger partial charge >= 0.3 is 5.97 Å². The van der Waals surface area contributed by atoms with E-state index in [0.29, 0.717) is 25.4 Å². The summed E-state index contributed by atoms with van der Waals surface area (Å²) in [6, 6.07) is 0. The fourth-order valence-electron chi connectivity index (χ4n) is 0.671. The maximum Gasteiger partial charge on any atom is 0.313 e. The van der Waals surface area contributed by atoms with Crippen molar-refractivity contribution in [1.82, 2.24) is 0 Å². The first-order chi connectivity index (χ1) is 5.22. The molecule has 0 aliphatic carbocycles. The molecule has 0 spiro atoms. The van der Waals surface area contributed by atoms with Gasteiger partial charge in [0.1, 0.15) is 18.5 Å². The lowest BCUT2D eigenvalue weighted by molar-refractivity contribution is -0.143. The predicted octanol–water partition coefficient (Wildman–Crippen LogP) is 0.255. The number of carbonyl (C=O) groups is 3. The van der Waals surface area contributed by atoms with Gasteiger partial charge in [0.2, 0.25) is 0 Å². The molecule has 0 bridgehead atoms. The van der Waals surface area contributed by atoms with E-state index < -0.39 is 11.9 Å². The van der Waals surface area contributed by atoms with Crippen molar-refractivity contribution < 1.29 is 19.5 Å². The molecule has 0 rings (SSSR count). The predicted molar refractivity (Wildman–Crippen MR) is 37.1 cm³/mol. The maximum atomic E-state index is 10.2. The van der Waals surface area contributed by atoms with E-state index in [9.17, 15) is 14.4 Å². The van der Waals surface area contributed by atoms with Gasteiger partial charge in [0.25, 0.3) is 0 Å². The Kier molecular flexibility index (Phi) is 4.98. The summed E-state index contributed by atoms with van der Waals surface area (Å²) in [5.74, 6) is -2.07. The molecule has 0 aliphatic rings. The van der Waals surface area contributed by atoms with Crippen molar-refractivity contribution in [3.63, 3.8) is 0 Å². The van der Waals surface area contributed by atoms with E-state index in [1.807, 2.05) is 0 Å². The second kappa shape index (κ2) is 5.58. The number of rotatable bonds is 6. The first kappa shape index (κ1) is 9.81. The summed E-state index contributed by atoms with van der Waals surface area (Å²) in [7, 11) is 0. The van der Waals surface area contributed by atoms with Gasteiger partial charge in [-0.2, -0.15) is 0 Å². The van der Waals surface area contributed by atoms with Crippen molar-refractivity contribution >= 4 is 18.5 Å². The number of aldehydes is 2. The quantitative estimate of drug-likeness (QED) is 0.342. The molecule has 0 aromatic heterocycles. The van der Waals surface area contributed by atoms with Crippen LogP contribution >= 0.6 is 0 Å². The molecule has 0 aliphatic heterocycles. The highest BCUT2D eigenvalue weighted by atomic mass is 16.4. The second-order valence-corrected chi connectivity index (χ2v) is 2.18. The lowest BCUT2D eigenvalue weighted by Crippen LogP contribution is -2.14. The van der Waals surface area contributed by atoms with Gasteiger partial charge < -0.3 is 14.7 Å². The molecule has 0 aromatic rings. The summed E-state index contributed by atoms with van der Waals surface area (Å²) in [6.45, 7) is 0. The molecule has 0 saturated heterocycles. The van der Waals surface area contributed by atoms with Gasteiger partial charge in [0.15, 0.2) is 0 Å². The van der Waals surface area contributed by atoms with Crippen molar-refractivity contribution in [2.75, 3.05) is 0 Å². The molecule has 11 heavy (non-hydrogen) atoms. The molecule has 1 N–H and O–H groups in total. The average Bonchev–Trinajstić information content (AvgIpc) is 1.97. The van der Waals surface area contributed by atoms with Gasteiger partial charge in [-0.1, -0.05) is 0 Å². The minimum Gasteiger partial charge on any atom is -0.481 e. The Morgan fingerprint density at radius 1 is 1.45 bits per heavy atom. The van der Waals surface area contributed by atoms with Gasteiger partial charge in [-0.15, -0.1) is 0 Å². The molecule has 0 radical (unpaired) electrons. The molecule has 0 amide bonds. The van der Waals surface area contributed by atoms with Crippen molar-refractivity contribution in [3.8, 4) is 0 Å². The van der Waals surface area contributed by atoms with Gasteiger partial charge in [0.05, 0.1) is 0 Å². The smallest absolute Gasteiger partial charge is 0.313 e. The Bertz CT molecular complexity index is 153. The number of aliphatic carboxylic acids is 1. The normalized spacial score (nSPS) is 12.0. The highest BCUT2D eigenvalue weighted by Gasteiger charge is 2.14. The molecule has 62 valence electrons. The molecule has 1 unspecified atom stereocenters. The third kappa shape index (κ3) is 4.25. The van der Waals surface area contributed by atoms with Crippen molar-refractivity contribution in [3.05, 3.63) is 0 Å². The summed E-state index contributed by atoms with van der Waals surface area (Å²) in [4.78, 5) is 30.1. The van der Waals surface area contributed by atoms with Crippen LogP contribution in [-0.2, 0) is 14.4 Å². The third-order valence-electron chi connectivity index (χ3n) is 1.32. The Morgan fingerprint density at radius 2 is 2.09 bits per heavy atom. The summed E-state index contributed by atoms with van der Waals surface area (Å²) < 4.78 is 0. The van der Waals surface area contributed by atoms with E-state index in [-0.39, 0.29) is 6.42 Å². The first-order valence-electron chi connectivity index (χ1n) is 3.34. The molecule has 1 atom stereocenters. The summed E-state index contributed by atoms with van der Waals surface area (Å²) in [5, 5.41) is 8.35. The monoisotopic (exact) mass is 158 g/mol. The minimum atomic E-state index is -1.12. The SMILES string of the molecule is O=CCCCC(C=O)C(=O)O. The maximum absolute atomic E-state index is 10.2. The van der Waals surface area contributed by atoms with Crippen LogP contribution in [0.2, 0.25) is 0 Å². The van der Waals surface area contributed by atoms with E-state index >= 15 is 0 Å². The highest BCUT2D eigenvalue weighted by molar-refractivity contribution is 5.86. The average molecular weight is 158 g/mol. The van der Waals surface area contributed by atoms with Crippen LogP contribution in [0.4, 0.5) is 0 Å². The van der Waals surface area contributed by atoms with Crippen LogP contribution in [0.25, 0.3) is 0 Å².